The summed E-state index contributed by atoms with van der Waals surface area (Å²) in [5, 5.41) is 10.4. The first kappa shape index (κ1) is 15.7. The number of aliphatic hydroxyl groups excluding tert-OH is 1. The molecule has 0 fully saturated rings. The fourth-order valence-electron chi connectivity index (χ4n) is 2.08. The molecule has 1 atom stereocenters. The Bertz CT molecular complexity index is 598. The zero-order chi connectivity index (χ0) is 15.2. The standard InChI is InChI=1S/C17H20O3S/c1-12-6-4-5-7-17(12)21-11-15(18)14-10-13(19-2)8-9-16(14)20-3/h4-10,15,18H,11H2,1-3H3. The number of thioether (sulfide) groups is 1. The highest BCUT2D eigenvalue weighted by Crippen LogP contribution is 2.33. The number of methoxy groups -OCH3 is 2. The lowest BCUT2D eigenvalue weighted by atomic mass is 10.1. The normalized spacial score (nSPS) is 12.0. The third-order valence-electron chi connectivity index (χ3n) is 3.29. The molecule has 0 amide bonds. The van der Waals surface area contributed by atoms with E-state index in [4.69, 9.17) is 9.47 Å². The van der Waals surface area contributed by atoms with Crippen LogP contribution in [-0.2, 0) is 0 Å². The molecule has 0 spiro atoms. The van der Waals surface area contributed by atoms with E-state index in [0.29, 0.717) is 17.3 Å². The van der Waals surface area contributed by atoms with Crippen LogP contribution in [0.4, 0.5) is 0 Å². The molecule has 0 aliphatic rings. The lowest BCUT2D eigenvalue weighted by Gasteiger charge is -2.16. The molecule has 0 saturated carbocycles. The number of hydrogen-bond acceptors (Lipinski definition) is 4. The molecule has 0 aliphatic heterocycles. The molecule has 1 unspecified atom stereocenters. The van der Waals surface area contributed by atoms with Crippen molar-refractivity contribution < 1.29 is 14.6 Å². The first-order valence-corrected chi connectivity index (χ1v) is 7.72. The third kappa shape index (κ3) is 3.93. The van der Waals surface area contributed by atoms with Gasteiger partial charge in [0.25, 0.3) is 0 Å². The molecule has 4 heteroatoms. The molecule has 0 aromatic heterocycles. The van der Waals surface area contributed by atoms with Crippen LogP contribution in [-0.4, -0.2) is 25.1 Å². The van der Waals surface area contributed by atoms with E-state index in [-0.39, 0.29) is 0 Å². The van der Waals surface area contributed by atoms with Crippen molar-refractivity contribution in [2.75, 3.05) is 20.0 Å². The quantitative estimate of drug-likeness (QED) is 0.823. The van der Waals surface area contributed by atoms with Gasteiger partial charge in [-0.05, 0) is 36.8 Å². The predicted octanol–water partition coefficient (Wildman–Crippen LogP) is 3.84. The molecular weight excluding hydrogens is 284 g/mol. The summed E-state index contributed by atoms with van der Waals surface area (Å²) in [5.74, 6) is 1.95. The Morgan fingerprint density at radius 1 is 1.10 bits per heavy atom. The largest absolute Gasteiger partial charge is 0.497 e. The number of benzene rings is 2. The molecule has 2 aromatic carbocycles. The van der Waals surface area contributed by atoms with E-state index >= 15 is 0 Å². The predicted molar refractivity (Wildman–Crippen MR) is 86.4 cm³/mol. The van der Waals surface area contributed by atoms with E-state index in [1.165, 1.54) is 10.5 Å². The fraction of sp³-hybridized carbons (Fsp3) is 0.294. The van der Waals surface area contributed by atoms with Gasteiger partial charge in [-0.3, -0.25) is 0 Å². The highest BCUT2D eigenvalue weighted by atomic mass is 32.2. The van der Waals surface area contributed by atoms with E-state index in [0.717, 1.165) is 5.56 Å². The number of aryl methyl sites for hydroxylation is 1. The summed E-state index contributed by atoms with van der Waals surface area (Å²) in [6.07, 6.45) is -0.611. The van der Waals surface area contributed by atoms with Crippen LogP contribution in [0.25, 0.3) is 0 Å². The highest BCUT2D eigenvalue weighted by Gasteiger charge is 2.15. The molecule has 3 nitrogen and oxygen atoms in total. The Labute approximate surface area is 129 Å². The van der Waals surface area contributed by atoms with Crippen LogP contribution >= 0.6 is 11.8 Å². The Balaban J connectivity index is 2.13. The molecule has 0 aliphatic carbocycles. The molecule has 0 bridgehead atoms. The molecule has 0 saturated heterocycles. The van der Waals surface area contributed by atoms with E-state index < -0.39 is 6.10 Å². The first-order chi connectivity index (χ1) is 10.2. The van der Waals surface area contributed by atoms with Crippen LogP contribution in [0.1, 0.15) is 17.2 Å². The minimum Gasteiger partial charge on any atom is -0.497 e. The highest BCUT2D eigenvalue weighted by molar-refractivity contribution is 7.99. The smallest absolute Gasteiger partial charge is 0.124 e. The maximum atomic E-state index is 10.4. The van der Waals surface area contributed by atoms with Gasteiger partial charge in [0.05, 0.1) is 20.3 Å². The van der Waals surface area contributed by atoms with Crippen LogP contribution in [0.15, 0.2) is 47.4 Å². The maximum absolute atomic E-state index is 10.4. The van der Waals surface area contributed by atoms with Crippen LogP contribution in [0.3, 0.4) is 0 Å². The van der Waals surface area contributed by atoms with Gasteiger partial charge in [0.1, 0.15) is 11.5 Å². The molecule has 112 valence electrons. The molecule has 0 radical (unpaired) electrons. The van der Waals surface area contributed by atoms with Crippen LogP contribution in [0.2, 0.25) is 0 Å². The van der Waals surface area contributed by atoms with Crippen molar-refractivity contribution in [3.8, 4) is 11.5 Å². The van der Waals surface area contributed by atoms with E-state index in [1.54, 1.807) is 26.0 Å². The Kier molecular flexibility index (Phi) is 5.53. The molecular formula is C17H20O3S. The number of ether oxygens (including phenoxy) is 2. The Hall–Kier alpha value is -1.65. The zero-order valence-electron chi connectivity index (χ0n) is 12.5. The number of rotatable bonds is 6. The van der Waals surface area contributed by atoms with Gasteiger partial charge in [-0.15, -0.1) is 11.8 Å². The first-order valence-electron chi connectivity index (χ1n) is 6.74. The summed E-state index contributed by atoms with van der Waals surface area (Å²) in [7, 11) is 3.21. The minimum absolute atomic E-state index is 0.564. The molecule has 21 heavy (non-hydrogen) atoms. The van der Waals surface area contributed by atoms with Crippen molar-refractivity contribution in [3.63, 3.8) is 0 Å². The topological polar surface area (TPSA) is 38.7 Å². The summed E-state index contributed by atoms with van der Waals surface area (Å²) in [4.78, 5) is 1.18. The number of aliphatic hydroxyl groups is 1. The lowest BCUT2D eigenvalue weighted by Crippen LogP contribution is -2.04. The average molecular weight is 304 g/mol. The zero-order valence-corrected chi connectivity index (χ0v) is 13.3. The Morgan fingerprint density at radius 2 is 1.86 bits per heavy atom. The molecule has 1 N–H and O–H groups in total. The minimum atomic E-state index is -0.611. The van der Waals surface area contributed by atoms with Crippen molar-refractivity contribution in [1.82, 2.24) is 0 Å². The van der Waals surface area contributed by atoms with Gasteiger partial charge in [-0.2, -0.15) is 0 Å². The van der Waals surface area contributed by atoms with Gasteiger partial charge in [0.15, 0.2) is 0 Å². The van der Waals surface area contributed by atoms with Gasteiger partial charge in [-0.1, -0.05) is 18.2 Å². The van der Waals surface area contributed by atoms with Gasteiger partial charge >= 0.3 is 0 Å². The van der Waals surface area contributed by atoms with Crippen molar-refractivity contribution in [2.45, 2.75) is 17.9 Å². The summed E-state index contributed by atoms with van der Waals surface area (Å²) in [6.45, 7) is 2.07. The molecule has 2 rings (SSSR count). The summed E-state index contributed by atoms with van der Waals surface area (Å²) >= 11 is 1.64. The van der Waals surface area contributed by atoms with Crippen molar-refractivity contribution >= 4 is 11.8 Å². The summed E-state index contributed by atoms with van der Waals surface area (Å²) < 4.78 is 10.5. The SMILES string of the molecule is COc1ccc(OC)c(C(O)CSc2ccccc2C)c1. The van der Waals surface area contributed by atoms with Gasteiger partial charge < -0.3 is 14.6 Å². The fourth-order valence-corrected chi connectivity index (χ4v) is 3.06. The molecule has 0 heterocycles. The third-order valence-corrected chi connectivity index (χ3v) is 4.54. The second kappa shape index (κ2) is 7.38. The Morgan fingerprint density at radius 3 is 2.52 bits per heavy atom. The summed E-state index contributed by atoms with van der Waals surface area (Å²) in [6, 6.07) is 13.6. The van der Waals surface area contributed by atoms with E-state index in [2.05, 4.69) is 19.1 Å². The number of hydrogen-bond donors (Lipinski definition) is 1. The summed E-state index contributed by atoms with van der Waals surface area (Å²) in [5.41, 5.74) is 1.96. The van der Waals surface area contributed by atoms with Crippen molar-refractivity contribution in [1.29, 1.82) is 0 Å². The van der Waals surface area contributed by atoms with Gasteiger partial charge in [-0.25, -0.2) is 0 Å². The van der Waals surface area contributed by atoms with Crippen molar-refractivity contribution in [3.05, 3.63) is 53.6 Å². The van der Waals surface area contributed by atoms with Gasteiger partial charge in [0.2, 0.25) is 0 Å². The second-order valence-electron chi connectivity index (χ2n) is 4.70. The maximum Gasteiger partial charge on any atom is 0.124 e. The van der Waals surface area contributed by atoms with Crippen LogP contribution in [0.5, 0.6) is 11.5 Å². The second-order valence-corrected chi connectivity index (χ2v) is 5.76. The van der Waals surface area contributed by atoms with Crippen LogP contribution in [0, 0.1) is 6.92 Å². The average Bonchev–Trinajstić information content (AvgIpc) is 2.53. The van der Waals surface area contributed by atoms with Crippen molar-refractivity contribution in [2.24, 2.45) is 0 Å². The van der Waals surface area contributed by atoms with E-state index in [1.807, 2.05) is 30.3 Å². The molecule has 2 aromatic rings. The monoisotopic (exact) mass is 304 g/mol. The van der Waals surface area contributed by atoms with Gasteiger partial charge in [0, 0.05) is 16.2 Å². The lowest BCUT2D eigenvalue weighted by molar-refractivity contribution is 0.198. The van der Waals surface area contributed by atoms with Crippen LogP contribution < -0.4 is 9.47 Å². The van der Waals surface area contributed by atoms with E-state index in [9.17, 15) is 5.11 Å².